The zero-order valence-electron chi connectivity index (χ0n) is 11.6. The molecule has 0 aliphatic heterocycles. The lowest BCUT2D eigenvalue weighted by Crippen LogP contribution is -1.91. The largest absolute Gasteiger partial charge is 0.256 e. The maximum absolute atomic E-state index is 4.47. The van der Waals surface area contributed by atoms with Gasteiger partial charge in [-0.15, -0.1) is 0 Å². The molecule has 5 heteroatoms. The Labute approximate surface area is 131 Å². The van der Waals surface area contributed by atoms with Crippen LogP contribution in [0, 0.1) is 0 Å². The van der Waals surface area contributed by atoms with E-state index in [1.165, 1.54) is 0 Å². The first kappa shape index (κ1) is 12.9. The molecule has 0 aliphatic carbocycles. The highest BCUT2D eigenvalue weighted by Crippen LogP contribution is 2.25. The summed E-state index contributed by atoms with van der Waals surface area (Å²) in [5.74, 6) is 0. The lowest BCUT2D eigenvalue weighted by Gasteiger charge is -1.98. The highest BCUT2D eigenvalue weighted by Gasteiger charge is 2.01. The molecule has 4 nitrogen and oxygen atoms in total. The van der Waals surface area contributed by atoms with Crippen molar-refractivity contribution in [1.82, 2.24) is 9.97 Å². The monoisotopic (exact) mass is 304 g/mol. The van der Waals surface area contributed by atoms with Gasteiger partial charge in [0.1, 0.15) is 0 Å². The lowest BCUT2D eigenvalue weighted by molar-refractivity contribution is 1.31. The number of hydrogen-bond donors (Lipinski definition) is 1. The standard InChI is InChI=1S/C17H12N4S/c1-2-6-14-13(5-1)9-12(10-18-14)11-19-21-17-20-15-7-3-4-8-16(15)22-17/h1-11H,(H,20,21)/b19-11-. The quantitative estimate of drug-likeness (QED) is 0.454. The van der Waals surface area contributed by atoms with Gasteiger partial charge < -0.3 is 0 Å². The van der Waals surface area contributed by atoms with Crippen molar-refractivity contribution in [3.8, 4) is 0 Å². The Kier molecular flexibility index (Phi) is 3.25. The van der Waals surface area contributed by atoms with Crippen LogP contribution < -0.4 is 5.43 Å². The molecule has 0 saturated heterocycles. The van der Waals surface area contributed by atoms with E-state index in [0.717, 1.165) is 31.8 Å². The maximum Gasteiger partial charge on any atom is 0.204 e. The molecule has 0 aliphatic rings. The van der Waals surface area contributed by atoms with Crippen LogP contribution in [0.5, 0.6) is 0 Å². The molecule has 4 aromatic rings. The number of para-hydroxylation sites is 2. The summed E-state index contributed by atoms with van der Waals surface area (Å²) in [5.41, 5.74) is 5.90. The molecule has 2 aromatic carbocycles. The van der Waals surface area contributed by atoms with Gasteiger partial charge in [-0.25, -0.2) is 4.98 Å². The first-order chi connectivity index (χ1) is 10.9. The Bertz CT molecular complexity index is 941. The highest BCUT2D eigenvalue weighted by atomic mass is 32.1. The van der Waals surface area contributed by atoms with Crippen LogP contribution in [0.3, 0.4) is 0 Å². The van der Waals surface area contributed by atoms with Gasteiger partial charge in [0.05, 0.1) is 21.9 Å². The van der Waals surface area contributed by atoms with Crippen LogP contribution in [0.15, 0.2) is 65.9 Å². The zero-order chi connectivity index (χ0) is 14.8. The molecule has 1 N–H and O–H groups in total. The van der Waals surface area contributed by atoms with Crippen molar-refractivity contribution in [3.63, 3.8) is 0 Å². The number of fused-ring (bicyclic) bond motifs is 2. The van der Waals surface area contributed by atoms with E-state index in [0.29, 0.717) is 0 Å². The average molecular weight is 304 g/mol. The molecule has 2 heterocycles. The molecule has 0 saturated carbocycles. The van der Waals surface area contributed by atoms with Gasteiger partial charge in [0, 0.05) is 17.1 Å². The number of rotatable bonds is 3. The molecule has 0 fully saturated rings. The van der Waals surface area contributed by atoms with E-state index >= 15 is 0 Å². The number of thiazole rings is 1. The number of hydrogen-bond acceptors (Lipinski definition) is 5. The van der Waals surface area contributed by atoms with Gasteiger partial charge in [0.15, 0.2) is 0 Å². The van der Waals surface area contributed by atoms with Gasteiger partial charge >= 0.3 is 0 Å². The fourth-order valence-corrected chi connectivity index (χ4v) is 3.06. The van der Waals surface area contributed by atoms with Crippen LogP contribution in [0.4, 0.5) is 5.13 Å². The van der Waals surface area contributed by atoms with Crippen LogP contribution in [0.25, 0.3) is 21.1 Å². The van der Waals surface area contributed by atoms with E-state index in [9.17, 15) is 0 Å². The fourth-order valence-electron chi connectivity index (χ4n) is 2.24. The molecule has 0 radical (unpaired) electrons. The van der Waals surface area contributed by atoms with Crippen LogP contribution >= 0.6 is 11.3 Å². The third-order valence-electron chi connectivity index (χ3n) is 3.28. The molecular formula is C17H12N4S. The van der Waals surface area contributed by atoms with Crippen LogP contribution in [0.1, 0.15) is 5.56 Å². The second kappa shape index (κ2) is 5.54. The van der Waals surface area contributed by atoms with Gasteiger partial charge in [0.2, 0.25) is 5.13 Å². The number of benzene rings is 2. The molecule has 22 heavy (non-hydrogen) atoms. The minimum atomic E-state index is 0.784. The summed E-state index contributed by atoms with van der Waals surface area (Å²) < 4.78 is 1.15. The Balaban J connectivity index is 1.55. The predicted molar refractivity (Wildman–Crippen MR) is 92.6 cm³/mol. The van der Waals surface area contributed by atoms with Crippen LogP contribution in [0.2, 0.25) is 0 Å². The van der Waals surface area contributed by atoms with E-state index in [1.54, 1.807) is 17.6 Å². The first-order valence-corrected chi connectivity index (χ1v) is 7.69. The Morgan fingerprint density at radius 3 is 2.73 bits per heavy atom. The van der Waals surface area contributed by atoms with E-state index < -0.39 is 0 Å². The molecule has 0 atom stereocenters. The van der Waals surface area contributed by atoms with E-state index in [1.807, 2.05) is 48.7 Å². The lowest BCUT2D eigenvalue weighted by atomic mass is 10.2. The maximum atomic E-state index is 4.47. The van der Waals surface area contributed by atoms with Crippen molar-refractivity contribution in [2.45, 2.75) is 0 Å². The van der Waals surface area contributed by atoms with Crippen LogP contribution in [-0.2, 0) is 0 Å². The van der Waals surface area contributed by atoms with Crippen molar-refractivity contribution in [3.05, 3.63) is 66.4 Å². The van der Waals surface area contributed by atoms with E-state index in [4.69, 9.17) is 0 Å². The Morgan fingerprint density at radius 1 is 1.00 bits per heavy atom. The number of nitrogens with zero attached hydrogens (tertiary/aromatic N) is 3. The molecule has 0 amide bonds. The first-order valence-electron chi connectivity index (χ1n) is 6.88. The molecule has 0 bridgehead atoms. The average Bonchev–Trinajstić information content (AvgIpc) is 2.97. The number of pyridine rings is 1. The molecule has 106 valence electrons. The number of nitrogens with one attached hydrogen (secondary N) is 1. The van der Waals surface area contributed by atoms with E-state index in [-0.39, 0.29) is 0 Å². The smallest absolute Gasteiger partial charge is 0.204 e. The normalized spacial score (nSPS) is 11.5. The van der Waals surface area contributed by atoms with Crippen molar-refractivity contribution < 1.29 is 0 Å². The number of anilines is 1. The summed E-state index contributed by atoms with van der Waals surface area (Å²) >= 11 is 1.58. The van der Waals surface area contributed by atoms with Crippen molar-refractivity contribution in [2.75, 3.05) is 5.43 Å². The fraction of sp³-hybridized carbons (Fsp3) is 0. The van der Waals surface area contributed by atoms with Gasteiger partial charge in [-0.2, -0.15) is 5.10 Å². The minimum Gasteiger partial charge on any atom is -0.256 e. The van der Waals surface area contributed by atoms with Gasteiger partial charge in [-0.05, 0) is 24.3 Å². The summed E-state index contributed by atoms with van der Waals surface area (Å²) in [6.07, 6.45) is 3.57. The van der Waals surface area contributed by atoms with Crippen molar-refractivity contribution in [1.29, 1.82) is 0 Å². The Hall–Kier alpha value is -2.79. The minimum absolute atomic E-state index is 0.784. The zero-order valence-corrected chi connectivity index (χ0v) is 12.4. The van der Waals surface area contributed by atoms with Crippen LogP contribution in [-0.4, -0.2) is 16.2 Å². The molecule has 0 spiro atoms. The molecule has 2 aromatic heterocycles. The summed E-state index contributed by atoms with van der Waals surface area (Å²) in [6, 6.07) is 18.1. The molecular weight excluding hydrogens is 292 g/mol. The summed E-state index contributed by atoms with van der Waals surface area (Å²) in [7, 11) is 0. The topological polar surface area (TPSA) is 50.2 Å². The molecule has 4 rings (SSSR count). The number of hydrazone groups is 1. The van der Waals surface area contributed by atoms with Gasteiger partial charge in [0.25, 0.3) is 0 Å². The van der Waals surface area contributed by atoms with E-state index in [2.05, 4.69) is 32.6 Å². The highest BCUT2D eigenvalue weighted by molar-refractivity contribution is 7.22. The third-order valence-corrected chi connectivity index (χ3v) is 4.22. The summed E-state index contributed by atoms with van der Waals surface area (Å²) in [4.78, 5) is 8.88. The molecule has 0 unspecified atom stereocenters. The van der Waals surface area contributed by atoms with Gasteiger partial charge in [-0.3, -0.25) is 10.4 Å². The number of aromatic nitrogens is 2. The third kappa shape index (κ3) is 2.54. The summed E-state index contributed by atoms with van der Waals surface area (Å²) in [6.45, 7) is 0. The Morgan fingerprint density at radius 2 is 1.82 bits per heavy atom. The second-order valence-corrected chi connectivity index (χ2v) is 5.85. The van der Waals surface area contributed by atoms with Crippen molar-refractivity contribution in [2.24, 2.45) is 5.10 Å². The second-order valence-electron chi connectivity index (χ2n) is 4.82. The predicted octanol–water partition coefficient (Wildman–Crippen LogP) is 4.29. The van der Waals surface area contributed by atoms with Gasteiger partial charge in [-0.1, -0.05) is 41.7 Å². The summed E-state index contributed by atoms with van der Waals surface area (Å²) in [5, 5.41) is 6.13. The van der Waals surface area contributed by atoms with Crippen molar-refractivity contribution >= 4 is 43.8 Å². The SMILES string of the molecule is C(=N/Nc1nc2ccccc2s1)/c1cnc2ccccc2c1.